The molecule has 1 aliphatic rings. The summed E-state index contributed by atoms with van der Waals surface area (Å²) in [5.41, 5.74) is 3.41. The van der Waals surface area contributed by atoms with Gasteiger partial charge in [0.05, 0.1) is 5.69 Å². The first-order chi connectivity index (χ1) is 11.6. The molecule has 2 nitrogen and oxygen atoms in total. The highest BCUT2D eigenvalue weighted by Crippen LogP contribution is 2.47. The van der Waals surface area contributed by atoms with Crippen LogP contribution in [0.25, 0.3) is 11.1 Å². The first kappa shape index (κ1) is 15.5. The molecule has 120 valence electrons. The lowest BCUT2D eigenvalue weighted by molar-refractivity contribution is -0.116. The fourth-order valence-electron chi connectivity index (χ4n) is 3.09. The van der Waals surface area contributed by atoms with Crippen molar-refractivity contribution in [2.75, 3.05) is 5.32 Å². The third-order valence-electron chi connectivity index (χ3n) is 4.21. The van der Waals surface area contributed by atoms with E-state index in [0.29, 0.717) is 5.56 Å². The van der Waals surface area contributed by atoms with Crippen molar-refractivity contribution in [3.63, 3.8) is 0 Å². The summed E-state index contributed by atoms with van der Waals surface area (Å²) < 4.78 is 15.2. The maximum absolute atomic E-state index is 14.4. The molecule has 4 rings (SSSR count). The molecule has 0 saturated heterocycles. The fraction of sp³-hybridized carbons (Fsp3) is 0.105. The van der Waals surface area contributed by atoms with Crippen molar-refractivity contribution in [1.29, 1.82) is 0 Å². The number of carbonyl (C=O) groups excluding carboxylic acids is 1. The van der Waals surface area contributed by atoms with Crippen LogP contribution in [0, 0.1) is 5.82 Å². The number of thiophene rings is 1. The summed E-state index contributed by atoms with van der Waals surface area (Å²) in [4.78, 5) is 13.3. The van der Waals surface area contributed by atoms with Crippen molar-refractivity contribution in [2.45, 2.75) is 12.3 Å². The lowest BCUT2D eigenvalue weighted by Crippen LogP contribution is -2.23. The van der Waals surface area contributed by atoms with Gasteiger partial charge in [0.25, 0.3) is 0 Å². The van der Waals surface area contributed by atoms with Gasteiger partial charge in [-0.25, -0.2) is 4.39 Å². The molecule has 0 bridgehead atoms. The zero-order valence-corrected chi connectivity index (χ0v) is 15.0. The zero-order chi connectivity index (χ0) is 16.7. The maximum Gasteiger partial charge on any atom is 0.225 e. The average Bonchev–Trinajstić information content (AvgIpc) is 3.01. The molecule has 1 amide bonds. The van der Waals surface area contributed by atoms with E-state index >= 15 is 0 Å². The van der Waals surface area contributed by atoms with Gasteiger partial charge in [-0.3, -0.25) is 4.79 Å². The topological polar surface area (TPSA) is 29.1 Å². The predicted molar refractivity (Wildman–Crippen MR) is 98.9 cm³/mol. The highest BCUT2D eigenvalue weighted by Gasteiger charge is 2.32. The molecule has 0 saturated carbocycles. The molecule has 2 aromatic carbocycles. The second-order valence-corrected chi connectivity index (χ2v) is 7.55. The van der Waals surface area contributed by atoms with Crippen LogP contribution in [0.2, 0.25) is 0 Å². The number of anilines is 1. The Morgan fingerprint density at radius 2 is 1.96 bits per heavy atom. The third-order valence-corrected chi connectivity index (χ3v) is 5.80. The molecule has 0 unspecified atom stereocenters. The van der Waals surface area contributed by atoms with Gasteiger partial charge in [-0.2, -0.15) is 0 Å². The molecule has 1 atom stereocenters. The van der Waals surface area contributed by atoms with E-state index in [1.807, 2.05) is 35.7 Å². The van der Waals surface area contributed by atoms with Crippen LogP contribution in [0.3, 0.4) is 0 Å². The molecule has 1 aliphatic heterocycles. The van der Waals surface area contributed by atoms with E-state index in [-0.39, 0.29) is 24.1 Å². The standard InChI is InChI=1S/C19H13BrFNOS/c20-12-6-7-16(21)13(8-12)14-9-17(23)22-18-15(10-24-19(14)18)11-4-2-1-3-5-11/h1-8,10,14H,9H2,(H,22,23)/t14-/m0/s1. The van der Waals surface area contributed by atoms with E-state index in [9.17, 15) is 9.18 Å². The number of nitrogens with one attached hydrogen (secondary N) is 1. The van der Waals surface area contributed by atoms with Crippen LogP contribution in [-0.4, -0.2) is 5.91 Å². The Labute approximate surface area is 151 Å². The third kappa shape index (κ3) is 2.68. The Morgan fingerprint density at radius 3 is 2.75 bits per heavy atom. The first-order valence-corrected chi connectivity index (χ1v) is 9.22. The molecule has 1 aromatic heterocycles. The second kappa shape index (κ2) is 6.15. The van der Waals surface area contributed by atoms with Gasteiger partial charge in [-0.15, -0.1) is 11.3 Å². The number of hydrogen-bond donors (Lipinski definition) is 1. The quantitative estimate of drug-likeness (QED) is 0.578. The Kier molecular flexibility index (Phi) is 3.98. The van der Waals surface area contributed by atoms with E-state index < -0.39 is 0 Å². The van der Waals surface area contributed by atoms with Crippen molar-refractivity contribution < 1.29 is 9.18 Å². The summed E-state index contributed by atoms with van der Waals surface area (Å²) in [7, 11) is 0. The summed E-state index contributed by atoms with van der Waals surface area (Å²) in [5, 5.41) is 5.01. The van der Waals surface area contributed by atoms with Gasteiger partial charge in [-0.1, -0.05) is 46.3 Å². The molecule has 5 heteroatoms. The van der Waals surface area contributed by atoms with Gasteiger partial charge >= 0.3 is 0 Å². The number of carbonyl (C=O) groups is 1. The zero-order valence-electron chi connectivity index (χ0n) is 12.6. The molecule has 2 heterocycles. The van der Waals surface area contributed by atoms with E-state index in [4.69, 9.17) is 0 Å². The minimum absolute atomic E-state index is 0.0811. The average molecular weight is 402 g/mol. The number of rotatable bonds is 2. The van der Waals surface area contributed by atoms with Crippen molar-refractivity contribution in [3.8, 4) is 11.1 Å². The molecule has 3 aromatic rings. The van der Waals surface area contributed by atoms with Crippen LogP contribution in [0.4, 0.5) is 10.1 Å². The van der Waals surface area contributed by atoms with Gasteiger partial charge in [-0.05, 0) is 29.3 Å². The smallest absolute Gasteiger partial charge is 0.225 e. The number of halogens is 2. The predicted octanol–water partition coefficient (Wildman–Crippen LogP) is 5.79. The van der Waals surface area contributed by atoms with Crippen molar-refractivity contribution in [1.82, 2.24) is 0 Å². The summed E-state index contributed by atoms with van der Waals surface area (Å²) in [6.07, 6.45) is 0.259. The summed E-state index contributed by atoms with van der Waals surface area (Å²) >= 11 is 4.97. The van der Waals surface area contributed by atoms with Gasteiger partial charge < -0.3 is 5.32 Å². The first-order valence-electron chi connectivity index (χ1n) is 7.55. The molecule has 24 heavy (non-hydrogen) atoms. The second-order valence-electron chi connectivity index (χ2n) is 5.73. The number of benzene rings is 2. The monoisotopic (exact) mass is 401 g/mol. The highest BCUT2D eigenvalue weighted by molar-refractivity contribution is 9.10. The normalized spacial score (nSPS) is 16.6. The molecule has 0 fully saturated rings. The lowest BCUT2D eigenvalue weighted by Gasteiger charge is -2.24. The Bertz CT molecular complexity index is 922. The maximum atomic E-state index is 14.4. The van der Waals surface area contributed by atoms with Crippen LogP contribution < -0.4 is 5.32 Å². The Hall–Kier alpha value is -1.98. The number of fused-ring (bicyclic) bond motifs is 1. The van der Waals surface area contributed by atoms with E-state index in [1.165, 1.54) is 6.07 Å². The van der Waals surface area contributed by atoms with Crippen molar-refractivity contribution in [3.05, 3.63) is 74.6 Å². The summed E-state index contributed by atoms with van der Waals surface area (Å²) in [6.45, 7) is 0. The van der Waals surface area contributed by atoms with Gasteiger partial charge in [0.2, 0.25) is 5.91 Å². The molecule has 0 radical (unpaired) electrons. The molecular formula is C19H13BrFNOS. The molecule has 0 aliphatic carbocycles. The van der Waals surface area contributed by atoms with Crippen LogP contribution in [0.1, 0.15) is 22.8 Å². The van der Waals surface area contributed by atoms with Gasteiger partial charge in [0.1, 0.15) is 5.82 Å². The van der Waals surface area contributed by atoms with Crippen molar-refractivity contribution in [2.24, 2.45) is 0 Å². The SMILES string of the molecule is O=C1C[C@@H](c2cc(Br)ccc2F)c2scc(-c3ccccc3)c2N1. The molecule has 0 spiro atoms. The largest absolute Gasteiger partial charge is 0.325 e. The van der Waals surface area contributed by atoms with Crippen LogP contribution >= 0.6 is 27.3 Å². The van der Waals surface area contributed by atoms with Crippen molar-refractivity contribution >= 4 is 38.9 Å². The van der Waals surface area contributed by atoms with E-state index in [2.05, 4.69) is 21.2 Å². The minimum Gasteiger partial charge on any atom is -0.325 e. The number of amides is 1. The minimum atomic E-state index is -0.279. The molecular weight excluding hydrogens is 389 g/mol. The van der Waals surface area contributed by atoms with E-state index in [0.717, 1.165) is 26.2 Å². The summed E-state index contributed by atoms with van der Waals surface area (Å²) in [5.74, 6) is -0.616. The fourth-order valence-corrected chi connectivity index (χ4v) is 4.62. The van der Waals surface area contributed by atoms with Crippen LogP contribution in [0.15, 0.2) is 58.4 Å². The van der Waals surface area contributed by atoms with Crippen LogP contribution in [-0.2, 0) is 4.79 Å². The Balaban J connectivity index is 1.86. The molecule has 1 N–H and O–H groups in total. The summed E-state index contributed by atoms with van der Waals surface area (Å²) in [6, 6.07) is 14.8. The lowest BCUT2D eigenvalue weighted by atomic mass is 9.89. The van der Waals surface area contributed by atoms with Crippen LogP contribution in [0.5, 0.6) is 0 Å². The van der Waals surface area contributed by atoms with Gasteiger partial charge in [0, 0.05) is 32.6 Å². The van der Waals surface area contributed by atoms with E-state index in [1.54, 1.807) is 23.5 Å². The highest BCUT2D eigenvalue weighted by atomic mass is 79.9. The van der Waals surface area contributed by atoms with Gasteiger partial charge in [0.15, 0.2) is 0 Å². The Morgan fingerprint density at radius 1 is 1.17 bits per heavy atom. The number of hydrogen-bond acceptors (Lipinski definition) is 2.